The van der Waals surface area contributed by atoms with Crippen LogP contribution >= 0.6 is 12.2 Å². The number of fused-ring (bicyclic) bond motifs is 1. The van der Waals surface area contributed by atoms with Gasteiger partial charge in [-0.25, -0.2) is 0 Å². The molecule has 0 radical (unpaired) electrons. The lowest BCUT2D eigenvalue weighted by atomic mass is 10.1. The number of nitrogens with one attached hydrogen (secondary N) is 2. The SMILES string of the molecule is CCCCNC(=S)N(CCc1ccccc1C)Cc1cc2cccc(C)c2[nH]c1=O. The van der Waals surface area contributed by atoms with Crippen molar-refractivity contribution in [3.8, 4) is 0 Å². The van der Waals surface area contributed by atoms with Crippen molar-refractivity contribution in [3.63, 3.8) is 0 Å². The van der Waals surface area contributed by atoms with Crippen molar-refractivity contribution >= 4 is 28.2 Å². The predicted octanol–water partition coefficient (Wildman–Crippen LogP) is 4.86. The third-order valence-electron chi connectivity index (χ3n) is 5.53. The van der Waals surface area contributed by atoms with Crippen molar-refractivity contribution in [2.24, 2.45) is 0 Å². The van der Waals surface area contributed by atoms with Crippen LogP contribution < -0.4 is 10.9 Å². The number of aromatic amines is 1. The van der Waals surface area contributed by atoms with Gasteiger partial charge in [-0.2, -0.15) is 0 Å². The number of thiocarbonyl (C=S) groups is 1. The molecule has 0 fully saturated rings. The minimum absolute atomic E-state index is 0.0472. The summed E-state index contributed by atoms with van der Waals surface area (Å²) in [6.45, 7) is 8.41. The van der Waals surface area contributed by atoms with Crippen molar-refractivity contribution in [2.75, 3.05) is 13.1 Å². The van der Waals surface area contributed by atoms with Crippen LogP contribution in [0.2, 0.25) is 0 Å². The summed E-state index contributed by atoms with van der Waals surface area (Å²) in [5.74, 6) is 0. The van der Waals surface area contributed by atoms with Gasteiger partial charge < -0.3 is 15.2 Å². The zero-order valence-electron chi connectivity index (χ0n) is 18.1. The predicted molar refractivity (Wildman–Crippen MR) is 130 cm³/mol. The molecule has 3 aromatic rings. The number of aromatic nitrogens is 1. The van der Waals surface area contributed by atoms with E-state index in [0.29, 0.717) is 11.7 Å². The van der Waals surface area contributed by atoms with E-state index in [1.807, 2.05) is 31.2 Å². The van der Waals surface area contributed by atoms with Crippen molar-refractivity contribution in [1.29, 1.82) is 0 Å². The summed E-state index contributed by atoms with van der Waals surface area (Å²) in [7, 11) is 0. The van der Waals surface area contributed by atoms with Crippen molar-refractivity contribution in [2.45, 2.75) is 46.6 Å². The van der Waals surface area contributed by atoms with Gasteiger partial charge in [0.2, 0.25) is 0 Å². The molecule has 0 aliphatic carbocycles. The van der Waals surface area contributed by atoms with Gasteiger partial charge in [0.1, 0.15) is 0 Å². The molecule has 4 nitrogen and oxygen atoms in total. The van der Waals surface area contributed by atoms with E-state index >= 15 is 0 Å². The molecule has 0 atom stereocenters. The first-order valence-corrected chi connectivity index (χ1v) is 11.1. The monoisotopic (exact) mass is 421 g/mol. The van der Waals surface area contributed by atoms with E-state index in [9.17, 15) is 4.79 Å². The van der Waals surface area contributed by atoms with E-state index in [1.54, 1.807) is 0 Å². The lowest BCUT2D eigenvalue weighted by Crippen LogP contribution is -2.41. The van der Waals surface area contributed by atoms with Gasteiger partial charge in [-0.05, 0) is 67.0 Å². The van der Waals surface area contributed by atoms with Crippen LogP contribution in [-0.2, 0) is 13.0 Å². The van der Waals surface area contributed by atoms with Gasteiger partial charge in [0.25, 0.3) is 5.56 Å². The summed E-state index contributed by atoms with van der Waals surface area (Å²) >= 11 is 5.70. The molecule has 0 spiro atoms. The second-order valence-electron chi connectivity index (χ2n) is 7.85. The van der Waals surface area contributed by atoms with Crippen molar-refractivity contribution in [3.05, 3.63) is 81.1 Å². The number of nitrogens with zero attached hydrogens (tertiary/aromatic N) is 1. The Kier molecular flexibility index (Phi) is 7.63. The molecule has 0 bridgehead atoms. The molecule has 5 heteroatoms. The van der Waals surface area contributed by atoms with E-state index in [1.165, 1.54) is 11.1 Å². The maximum Gasteiger partial charge on any atom is 0.253 e. The summed E-state index contributed by atoms with van der Waals surface area (Å²) < 4.78 is 0. The fourth-order valence-corrected chi connectivity index (χ4v) is 3.89. The number of H-pyrrole nitrogens is 1. The average molecular weight is 422 g/mol. The molecule has 3 rings (SSSR count). The summed E-state index contributed by atoms with van der Waals surface area (Å²) in [5, 5.41) is 5.12. The van der Waals surface area contributed by atoms with Gasteiger partial charge in [-0.1, -0.05) is 55.8 Å². The van der Waals surface area contributed by atoms with Gasteiger partial charge in [-0.3, -0.25) is 4.79 Å². The Hall–Kier alpha value is -2.66. The molecule has 1 aromatic heterocycles. The molecule has 0 saturated carbocycles. The van der Waals surface area contributed by atoms with Crippen LogP contribution in [0.15, 0.2) is 53.3 Å². The minimum atomic E-state index is -0.0472. The lowest BCUT2D eigenvalue weighted by molar-refractivity contribution is 0.407. The van der Waals surface area contributed by atoms with Gasteiger partial charge in [0.15, 0.2) is 5.11 Å². The van der Waals surface area contributed by atoms with E-state index in [2.05, 4.69) is 53.3 Å². The fourth-order valence-electron chi connectivity index (χ4n) is 3.63. The number of aryl methyl sites for hydroxylation is 2. The van der Waals surface area contributed by atoms with Gasteiger partial charge in [0.05, 0.1) is 12.1 Å². The van der Waals surface area contributed by atoms with E-state index in [4.69, 9.17) is 12.2 Å². The quantitative estimate of drug-likeness (QED) is 0.403. The molecule has 2 aromatic carbocycles. The summed E-state index contributed by atoms with van der Waals surface area (Å²) in [6, 6.07) is 16.5. The zero-order valence-corrected chi connectivity index (χ0v) is 18.9. The number of pyridine rings is 1. The summed E-state index contributed by atoms with van der Waals surface area (Å²) in [5.41, 5.74) is 5.25. The Bertz CT molecular complexity index is 1070. The normalized spacial score (nSPS) is 10.9. The second kappa shape index (κ2) is 10.4. The highest BCUT2D eigenvalue weighted by molar-refractivity contribution is 7.80. The highest BCUT2D eigenvalue weighted by Crippen LogP contribution is 2.16. The largest absolute Gasteiger partial charge is 0.363 e. The van der Waals surface area contributed by atoms with Crippen LogP contribution in [0.3, 0.4) is 0 Å². The second-order valence-corrected chi connectivity index (χ2v) is 8.23. The number of unbranched alkanes of at least 4 members (excludes halogenated alkanes) is 1. The van der Waals surface area contributed by atoms with Crippen LogP contribution in [-0.4, -0.2) is 28.1 Å². The Morgan fingerprint density at radius 3 is 2.60 bits per heavy atom. The standard InChI is InChI=1S/C25H31N3OS/c1-4-5-14-26-25(30)28(15-13-20-11-7-6-9-18(20)2)17-22-16-21-12-8-10-19(3)23(21)27-24(22)29/h6-12,16H,4-5,13-15,17H2,1-3H3,(H,26,30)(H,27,29). The van der Waals surface area contributed by atoms with E-state index in [0.717, 1.165) is 54.4 Å². The topological polar surface area (TPSA) is 48.1 Å². The number of rotatable bonds is 8. The lowest BCUT2D eigenvalue weighted by Gasteiger charge is -2.26. The number of para-hydroxylation sites is 1. The third kappa shape index (κ3) is 5.48. The molecule has 158 valence electrons. The smallest absolute Gasteiger partial charge is 0.253 e. The number of hydrogen-bond acceptors (Lipinski definition) is 2. The van der Waals surface area contributed by atoms with Gasteiger partial charge >= 0.3 is 0 Å². The fraction of sp³-hybridized carbons (Fsp3) is 0.360. The van der Waals surface area contributed by atoms with Crippen LogP contribution in [0, 0.1) is 13.8 Å². The van der Waals surface area contributed by atoms with Crippen LogP contribution in [0.25, 0.3) is 10.9 Å². The summed E-state index contributed by atoms with van der Waals surface area (Å²) in [6.07, 6.45) is 3.07. The molecular weight excluding hydrogens is 390 g/mol. The molecule has 0 aliphatic heterocycles. The van der Waals surface area contributed by atoms with Crippen LogP contribution in [0.1, 0.15) is 42.0 Å². The van der Waals surface area contributed by atoms with Gasteiger partial charge in [-0.15, -0.1) is 0 Å². The Labute approximate surface area is 184 Å². The van der Waals surface area contributed by atoms with E-state index in [-0.39, 0.29) is 5.56 Å². The van der Waals surface area contributed by atoms with Crippen molar-refractivity contribution in [1.82, 2.24) is 15.2 Å². The molecule has 30 heavy (non-hydrogen) atoms. The highest BCUT2D eigenvalue weighted by atomic mass is 32.1. The average Bonchev–Trinajstić information content (AvgIpc) is 2.73. The Morgan fingerprint density at radius 1 is 1.07 bits per heavy atom. The Morgan fingerprint density at radius 2 is 1.83 bits per heavy atom. The molecule has 2 N–H and O–H groups in total. The zero-order chi connectivity index (χ0) is 21.5. The molecular formula is C25H31N3OS. The van der Waals surface area contributed by atoms with Crippen LogP contribution in [0.4, 0.5) is 0 Å². The number of hydrogen-bond donors (Lipinski definition) is 2. The Balaban J connectivity index is 1.83. The first-order valence-electron chi connectivity index (χ1n) is 10.7. The molecule has 0 unspecified atom stereocenters. The molecule has 1 heterocycles. The first kappa shape index (κ1) is 22.0. The van der Waals surface area contributed by atoms with Gasteiger partial charge in [0, 0.05) is 18.7 Å². The summed E-state index contributed by atoms with van der Waals surface area (Å²) in [4.78, 5) is 18.0. The van der Waals surface area contributed by atoms with Crippen molar-refractivity contribution < 1.29 is 0 Å². The van der Waals surface area contributed by atoms with E-state index < -0.39 is 0 Å². The minimum Gasteiger partial charge on any atom is -0.363 e. The maximum atomic E-state index is 12.8. The third-order valence-corrected chi connectivity index (χ3v) is 5.93. The molecule has 0 aliphatic rings. The first-order chi connectivity index (χ1) is 14.5. The maximum absolute atomic E-state index is 12.8. The molecule has 0 saturated heterocycles. The highest BCUT2D eigenvalue weighted by Gasteiger charge is 2.14. The molecule has 0 amide bonds. The van der Waals surface area contributed by atoms with Crippen LogP contribution in [0.5, 0.6) is 0 Å². The number of benzene rings is 2.